The molecule has 2 aromatic carbocycles. The van der Waals surface area contributed by atoms with Crippen LogP contribution in [-0.2, 0) is 16.1 Å². The monoisotopic (exact) mass is 416 g/mol. The Hall–Kier alpha value is -2.88. The zero-order valence-corrected chi connectivity index (χ0v) is 18.9. The number of hydrogen-bond donors (Lipinski definition) is 0. The first-order valence-electron chi connectivity index (χ1n) is 11.5. The molecule has 2 aromatic rings. The molecule has 1 fully saturated rings. The Kier molecular flexibility index (Phi) is 6.26. The van der Waals surface area contributed by atoms with Crippen LogP contribution in [0.15, 0.2) is 54.2 Å². The van der Waals surface area contributed by atoms with Gasteiger partial charge in [0.1, 0.15) is 5.70 Å². The molecule has 0 spiro atoms. The SMILES string of the molecule is CCN(Cc1ccccc1)C1=C(c2ccc(C)c(C)c2)C(=O)N(C2CCCCC2)C1=O. The zero-order chi connectivity index (χ0) is 22.0. The highest BCUT2D eigenvalue weighted by Crippen LogP contribution is 2.37. The number of carbonyl (C=O) groups excluding carboxylic acids is 2. The predicted molar refractivity (Wildman–Crippen MR) is 124 cm³/mol. The van der Waals surface area contributed by atoms with Crippen LogP contribution < -0.4 is 0 Å². The highest BCUT2D eigenvalue weighted by molar-refractivity contribution is 6.35. The average molecular weight is 417 g/mol. The van der Waals surface area contributed by atoms with Crippen molar-refractivity contribution in [3.63, 3.8) is 0 Å². The van der Waals surface area contributed by atoms with Gasteiger partial charge in [0.2, 0.25) is 0 Å². The first kappa shape index (κ1) is 21.4. The zero-order valence-electron chi connectivity index (χ0n) is 18.9. The van der Waals surface area contributed by atoms with Crippen molar-refractivity contribution in [1.82, 2.24) is 9.80 Å². The van der Waals surface area contributed by atoms with Crippen molar-refractivity contribution in [3.05, 3.63) is 76.5 Å². The van der Waals surface area contributed by atoms with Crippen molar-refractivity contribution >= 4 is 17.4 Å². The molecule has 4 heteroatoms. The Balaban J connectivity index is 1.79. The summed E-state index contributed by atoms with van der Waals surface area (Å²) in [4.78, 5) is 31.1. The normalized spacial score (nSPS) is 17.6. The number of benzene rings is 2. The number of rotatable bonds is 6. The summed E-state index contributed by atoms with van der Waals surface area (Å²) in [6, 6.07) is 16.3. The lowest BCUT2D eigenvalue weighted by Gasteiger charge is -2.31. The molecule has 1 aliphatic heterocycles. The molecule has 4 nitrogen and oxygen atoms in total. The molecule has 0 N–H and O–H groups in total. The van der Waals surface area contributed by atoms with Crippen LogP contribution >= 0.6 is 0 Å². The van der Waals surface area contributed by atoms with Crippen molar-refractivity contribution in [1.29, 1.82) is 0 Å². The van der Waals surface area contributed by atoms with E-state index in [1.807, 2.05) is 30.3 Å². The lowest BCUT2D eigenvalue weighted by Crippen LogP contribution is -2.43. The predicted octanol–water partition coefficient (Wildman–Crippen LogP) is 5.24. The van der Waals surface area contributed by atoms with Gasteiger partial charge in [0.15, 0.2) is 0 Å². The molecule has 0 radical (unpaired) electrons. The molecule has 1 saturated carbocycles. The van der Waals surface area contributed by atoms with Gasteiger partial charge < -0.3 is 4.90 Å². The van der Waals surface area contributed by atoms with Gasteiger partial charge in [-0.05, 0) is 55.9 Å². The van der Waals surface area contributed by atoms with Gasteiger partial charge in [-0.15, -0.1) is 0 Å². The van der Waals surface area contributed by atoms with Crippen LogP contribution in [0.4, 0.5) is 0 Å². The van der Waals surface area contributed by atoms with Gasteiger partial charge >= 0.3 is 0 Å². The molecular formula is C27H32N2O2. The third kappa shape index (κ3) is 4.16. The van der Waals surface area contributed by atoms with Crippen LogP contribution in [0.3, 0.4) is 0 Å². The first-order chi connectivity index (χ1) is 15.0. The first-order valence-corrected chi connectivity index (χ1v) is 11.5. The van der Waals surface area contributed by atoms with E-state index in [-0.39, 0.29) is 17.9 Å². The number of carbonyl (C=O) groups is 2. The maximum Gasteiger partial charge on any atom is 0.278 e. The van der Waals surface area contributed by atoms with E-state index in [4.69, 9.17) is 0 Å². The lowest BCUT2D eigenvalue weighted by atomic mass is 9.94. The van der Waals surface area contributed by atoms with Gasteiger partial charge in [-0.25, -0.2) is 0 Å². The quantitative estimate of drug-likeness (QED) is 0.605. The molecule has 0 atom stereocenters. The summed E-state index contributed by atoms with van der Waals surface area (Å²) in [6.07, 6.45) is 5.17. The molecule has 0 bridgehead atoms. The van der Waals surface area contributed by atoms with Gasteiger partial charge in [-0.1, -0.05) is 67.8 Å². The van der Waals surface area contributed by atoms with Gasteiger partial charge in [-0.3, -0.25) is 14.5 Å². The third-order valence-electron chi connectivity index (χ3n) is 6.74. The summed E-state index contributed by atoms with van der Waals surface area (Å²) < 4.78 is 0. The van der Waals surface area contributed by atoms with Crippen molar-refractivity contribution in [2.45, 2.75) is 65.5 Å². The fourth-order valence-corrected chi connectivity index (χ4v) is 4.81. The van der Waals surface area contributed by atoms with E-state index in [9.17, 15) is 9.59 Å². The maximum atomic E-state index is 13.7. The third-order valence-corrected chi connectivity index (χ3v) is 6.74. The van der Waals surface area contributed by atoms with E-state index in [0.29, 0.717) is 24.4 Å². The summed E-state index contributed by atoms with van der Waals surface area (Å²) in [5.41, 5.74) is 5.42. The molecule has 2 aliphatic rings. The second-order valence-electron chi connectivity index (χ2n) is 8.79. The molecule has 4 rings (SSSR count). The van der Waals surface area contributed by atoms with E-state index in [1.165, 1.54) is 12.0 Å². The molecule has 0 saturated heterocycles. The molecule has 31 heavy (non-hydrogen) atoms. The van der Waals surface area contributed by atoms with Crippen LogP contribution in [0.1, 0.15) is 61.3 Å². The van der Waals surface area contributed by atoms with Gasteiger partial charge in [0, 0.05) is 19.1 Å². The molecule has 2 amide bonds. The number of amides is 2. The van der Waals surface area contributed by atoms with Crippen LogP contribution in [-0.4, -0.2) is 34.2 Å². The largest absolute Gasteiger partial charge is 0.362 e. The van der Waals surface area contributed by atoms with Gasteiger partial charge in [0.25, 0.3) is 11.8 Å². The van der Waals surface area contributed by atoms with E-state index >= 15 is 0 Å². The molecule has 0 unspecified atom stereocenters. The summed E-state index contributed by atoms with van der Waals surface area (Å²) in [5, 5.41) is 0. The van der Waals surface area contributed by atoms with E-state index < -0.39 is 0 Å². The number of imide groups is 1. The van der Waals surface area contributed by atoms with E-state index in [0.717, 1.165) is 42.4 Å². The van der Waals surface area contributed by atoms with Crippen molar-refractivity contribution < 1.29 is 9.59 Å². The summed E-state index contributed by atoms with van der Waals surface area (Å²) in [7, 11) is 0. The minimum Gasteiger partial charge on any atom is -0.362 e. The summed E-state index contributed by atoms with van der Waals surface area (Å²) in [6.45, 7) is 7.45. The van der Waals surface area contributed by atoms with Crippen LogP contribution in [0.5, 0.6) is 0 Å². The van der Waals surface area contributed by atoms with E-state index in [2.05, 4.69) is 43.9 Å². The molecule has 1 aliphatic carbocycles. The highest BCUT2D eigenvalue weighted by Gasteiger charge is 2.44. The molecule has 162 valence electrons. The highest BCUT2D eigenvalue weighted by atomic mass is 16.2. The van der Waals surface area contributed by atoms with Gasteiger partial charge in [0.05, 0.1) is 5.57 Å². The standard InChI is InChI=1S/C27H32N2O2/c1-4-28(18-21-11-7-5-8-12-21)25-24(22-16-15-19(2)20(3)17-22)26(30)29(27(25)31)23-13-9-6-10-14-23/h5,7-8,11-12,15-17,23H,4,6,9-10,13-14,18H2,1-3H3. The number of nitrogens with zero attached hydrogens (tertiary/aromatic N) is 2. The Morgan fingerprint density at radius 3 is 2.26 bits per heavy atom. The molecular weight excluding hydrogens is 384 g/mol. The smallest absolute Gasteiger partial charge is 0.278 e. The minimum atomic E-state index is -0.123. The number of hydrogen-bond acceptors (Lipinski definition) is 3. The van der Waals surface area contributed by atoms with Crippen LogP contribution in [0.2, 0.25) is 0 Å². The van der Waals surface area contributed by atoms with Crippen LogP contribution in [0, 0.1) is 13.8 Å². The summed E-state index contributed by atoms with van der Waals surface area (Å²) >= 11 is 0. The van der Waals surface area contributed by atoms with Gasteiger partial charge in [-0.2, -0.15) is 0 Å². The minimum absolute atomic E-state index is 0.0169. The Bertz CT molecular complexity index is 1000. The molecule has 1 heterocycles. The Labute approximate surface area is 185 Å². The van der Waals surface area contributed by atoms with E-state index in [1.54, 1.807) is 4.90 Å². The van der Waals surface area contributed by atoms with Crippen molar-refractivity contribution in [3.8, 4) is 0 Å². The number of likely N-dealkylation sites (N-methyl/N-ethyl adjacent to an activating group) is 1. The van der Waals surface area contributed by atoms with Crippen molar-refractivity contribution in [2.75, 3.05) is 6.54 Å². The second-order valence-corrected chi connectivity index (χ2v) is 8.79. The average Bonchev–Trinajstić information content (AvgIpc) is 3.05. The topological polar surface area (TPSA) is 40.6 Å². The van der Waals surface area contributed by atoms with Crippen LogP contribution in [0.25, 0.3) is 5.57 Å². The fourth-order valence-electron chi connectivity index (χ4n) is 4.81. The number of aryl methyl sites for hydroxylation is 2. The fraction of sp³-hybridized carbons (Fsp3) is 0.407. The summed E-state index contributed by atoms with van der Waals surface area (Å²) in [5.74, 6) is -0.246. The Morgan fingerprint density at radius 2 is 1.61 bits per heavy atom. The van der Waals surface area contributed by atoms with Crippen molar-refractivity contribution in [2.24, 2.45) is 0 Å². The lowest BCUT2D eigenvalue weighted by molar-refractivity contribution is -0.141. The second kappa shape index (κ2) is 9.09. The Morgan fingerprint density at radius 1 is 0.903 bits per heavy atom. The maximum absolute atomic E-state index is 13.7. The molecule has 0 aromatic heterocycles.